The number of hydrogen-bond donors (Lipinski definition) is 1. The van der Waals surface area contributed by atoms with Crippen LogP contribution < -0.4 is 5.73 Å². The highest BCUT2D eigenvalue weighted by Crippen LogP contribution is 1.87. The lowest BCUT2D eigenvalue weighted by molar-refractivity contribution is -0.142. The van der Waals surface area contributed by atoms with E-state index >= 15 is 0 Å². The number of nitriles is 1. The Morgan fingerprint density at radius 2 is 2.56 bits per heavy atom. The van der Waals surface area contributed by atoms with Crippen molar-refractivity contribution in [3.63, 3.8) is 0 Å². The summed E-state index contributed by atoms with van der Waals surface area (Å²) in [5, 5.41) is 8.04. The van der Waals surface area contributed by atoms with E-state index in [1.807, 2.05) is 0 Å². The first-order valence-electron chi connectivity index (χ1n) is 2.42. The van der Waals surface area contributed by atoms with Crippen molar-refractivity contribution in [2.45, 2.75) is 12.5 Å². The smallest absolute Gasteiger partial charge is 0.323 e. The molecule has 0 saturated carbocycles. The van der Waals surface area contributed by atoms with Crippen molar-refractivity contribution in [1.29, 1.82) is 5.26 Å². The molecule has 0 fully saturated rings. The first-order chi connectivity index (χ1) is 4.22. The molecule has 0 radical (unpaired) electrons. The molecule has 0 aromatic heterocycles. The molecule has 0 aromatic rings. The zero-order valence-corrected chi connectivity index (χ0v) is 5.13. The molecule has 0 aliphatic carbocycles. The molecule has 0 aromatic carbocycles. The highest BCUT2D eigenvalue weighted by molar-refractivity contribution is 5.75. The summed E-state index contributed by atoms with van der Waals surface area (Å²) in [6, 6.07) is 0.965. The number of methoxy groups -OCH3 is 1. The Balaban J connectivity index is 3.62. The van der Waals surface area contributed by atoms with Crippen molar-refractivity contribution in [2.75, 3.05) is 7.11 Å². The van der Waals surface area contributed by atoms with Crippen molar-refractivity contribution in [2.24, 2.45) is 5.73 Å². The second kappa shape index (κ2) is 3.87. The number of rotatable bonds is 2. The third-order valence-corrected chi connectivity index (χ3v) is 0.815. The van der Waals surface area contributed by atoms with Crippen molar-refractivity contribution < 1.29 is 9.53 Å². The molecule has 0 aliphatic rings. The number of carbonyl (C=O) groups excluding carboxylic acids is 1. The van der Waals surface area contributed by atoms with Crippen LogP contribution in [0.25, 0.3) is 0 Å². The summed E-state index contributed by atoms with van der Waals surface area (Å²) in [6.07, 6.45) is 0.00662. The molecular weight excluding hydrogens is 120 g/mol. The van der Waals surface area contributed by atoms with Crippen LogP contribution in [0.3, 0.4) is 0 Å². The van der Waals surface area contributed by atoms with Crippen LogP contribution >= 0.6 is 0 Å². The zero-order valence-electron chi connectivity index (χ0n) is 5.13. The lowest BCUT2D eigenvalue weighted by Crippen LogP contribution is -2.30. The van der Waals surface area contributed by atoms with Crippen LogP contribution in [-0.4, -0.2) is 19.1 Å². The van der Waals surface area contributed by atoms with Crippen LogP contribution in [0.2, 0.25) is 0 Å². The van der Waals surface area contributed by atoms with Gasteiger partial charge in [0.25, 0.3) is 0 Å². The van der Waals surface area contributed by atoms with Crippen LogP contribution in [0.15, 0.2) is 0 Å². The van der Waals surface area contributed by atoms with Crippen LogP contribution in [0.4, 0.5) is 0 Å². The molecule has 9 heavy (non-hydrogen) atoms. The Bertz CT molecular complexity index is 138. The van der Waals surface area contributed by atoms with Gasteiger partial charge in [-0.15, -0.1) is 0 Å². The van der Waals surface area contributed by atoms with Gasteiger partial charge in [0.15, 0.2) is 0 Å². The van der Waals surface area contributed by atoms with E-state index in [0.717, 1.165) is 0 Å². The number of ether oxygens (including phenoxy) is 1. The summed E-state index contributed by atoms with van der Waals surface area (Å²) in [6.45, 7) is 0. The molecule has 0 bridgehead atoms. The molecule has 50 valence electrons. The van der Waals surface area contributed by atoms with Crippen LogP contribution in [0, 0.1) is 11.3 Å². The highest BCUT2D eigenvalue weighted by atomic mass is 16.5. The summed E-state index contributed by atoms with van der Waals surface area (Å²) >= 11 is 0. The minimum absolute atomic E-state index is 0.00662. The van der Waals surface area contributed by atoms with Gasteiger partial charge in [-0.25, -0.2) is 0 Å². The average molecular weight is 128 g/mol. The van der Waals surface area contributed by atoms with Crippen LogP contribution in [0.5, 0.6) is 0 Å². The molecule has 0 saturated heterocycles. The lowest BCUT2D eigenvalue weighted by atomic mass is 10.2. The van der Waals surface area contributed by atoms with E-state index in [1.54, 1.807) is 6.07 Å². The molecule has 0 amide bonds. The predicted octanol–water partition coefficient (Wildman–Crippen LogP) is -0.600. The maximum Gasteiger partial charge on any atom is 0.323 e. The fourth-order valence-electron chi connectivity index (χ4n) is 0.333. The van der Waals surface area contributed by atoms with Crippen molar-refractivity contribution >= 4 is 5.97 Å². The Morgan fingerprint density at radius 1 is 2.00 bits per heavy atom. The Morgan fingerprint density at radius 3 is 2.89 bits per heavy atom. The van der Waals surface area contributed by atoms with E-state index < -0.39 is 12.0 Å². The number of esters is 1. The van der Waals surface area contributed by atoms with E-state index in [-0.39, 0.29) is 6.42 Å². The average Bonchev–Trinajstić information content (AvgIpc) is 1.87. The van der Waals surface area contributed by atoms with E-state index in [9.17, 15) is 4.79 Å². The molecule has 1 atom stereocenters. The van der Waals surface area contributed by atoms with Crippen LogP contribution in [0.1, 0.15) is 6.42 Å². The molecular formula is C5H8N2O2. The first-order valence-corrected chi connectivity index (χ1v) is 2.42. The van der Waals surface area contributed by atoms with E-state index in [1.165, 1.54) is 7.11 Å². The molecule has 0 aliphatic heterocycles. The van der Waals surface area contributed by atoms with Gasteiger partial charge >= 0.3 is 5.97 Å². The van der Waals surface area contributed by atoms with Gasteiger partial charge in [-0.2, -0.15) is 5.26 Å². The third-order valence-electron chi connectivity index (χ3n) is 0.815. The fraction of sp³-hybridized carbons (Fsp3) is 0.600. The summed E-state index contributed by atoms with van der Waals surface area (Å²) in [7, 11) is 1.24. The molecule has 2 N–H and O–H groups in total. The first kappa shape index (κ1) is 7.92. The van der Waals surface area contributed by atoms with Gasteiger partial charge in [0, 0.05) is 0 Å². The predicted molar refractivity (Wildman–Crippen MR) is 30.2 cm³/mol. The quantitative estimate of drug-likeness (QED) is 0.504. The SMILES string of the molecule is COC(=O)[C@@H](N)CC#N. The number of nitrogens with zero attached hydrogens (tertiary/aromatic N) is 1. The van der Waals surface area contributed by atoms with Gasteiger partial charge in [-0.1, -0.05) is 0 Å². The molecule has 0 spiro atoms. The molecule has 0 unspecified atom stereocenters. The van der Waals surface area contributed by atoms with Gasteiger partial charge in [0.2, 0.25) is 0 Å². The summed E-state index contributed by atoms with van der Waals surface area (Å²) in [5.41, 5.74) is 5.14. The Kier molecular flexibility index (Phi) is 3.40. The second-order valence-electron chi connectivity index (χ2n) is 1.49. The summed E-state index contributed by atoms with van der Waals surface area (Å²) < 4.78 is 4.25. The zero-order chi connectivity index (χ0) is 7.28. The highest BCUT2D eigenvalue weighted by Gasteiger charge is 2.11. The lowest BCUT2D eigenvalue weighted by Gasteiger charge is -2.01. The maximum atomic E-state index is 10.4. The van der Waals surface area contributed by atoms with E-state index in [4.69, 9.17) is 11.0 Å². The largest absolute Gasteiger partial charge is 0.468 e. The van der Waals surface area contributed by atoms with Gasteiger partial charge in [0.1, 0.15) is 6.04 Å². The summed E-state index contributed by atoms with van der Waals surface area (Å²) in [5.74, 6) is -0.545. The molecule has 4 heteroatoms. The van der Waals surface area contributed by atoms with Crippen molar-refractivity contribution in [1.82, 2.24) is 0 Å². The standard InChI is InChI=1S/C5H8N2O2/c1-9-5(8)4(7)2-3-6/h4H,2,7H2,1H3/t4-/m0/s1. The Hall–Kier alpha value is -1.08. The number of hydrogen-bond acceptors (Lipinski definition) is 4. The maximum absolute atomic E-state index is 10.4. The minimum Gasteiger partial charge on any atom is -0.468 e. The second-order valence-corrected chi connectivity index (χ2v) is 1.49. The van der Waals surface area contributed by atoms with E-state index in [2.05, 4.69) is 4.74 Å². The van der Waals surface area contributed by atoms with Crippen molar-refractivity contribution in [3.05, 3.63) is 0 Å². The topological polar surface area (TPSA) is 76.1 Å². The molecule has 0 rings (SSSR count). The normalized spacial score (nSPS) is 11.7. The third kappa shape index (κ3) is 2.67. The minimum atomic E-state index is -0.792. The Labute approximate surface area is 53.2 Å². The fourth-order valence-corrected chi connectivity index (χ4v) is 0.333. The van der Waals surface area contributed by atoms with Crippen LogP contribution in [-0.2, 0) is 9.53 Å². The summed E-state index contributed by atoms with van der Waals surface area (Å²) in [4.78, 5) is 10.4. The van der Waals surface area contributed by atoms with Gasteiger partial charge in [0.05, 0.1) is 19.6 Å². The van der Waals surface area contributed by atoms with Gasteiger partial charge < -0.3 is 10.5 Å². The molecule has 0 heterocycles. The van der Waals surface area contributed by atoms with E-state index in [0.29, 0.717) is 0 Å². The molecule has 4 nitrogen and oxygen atoms in total. The number of carbonyl (C=O) groups is 1. The van der Waals surface area contributed by atoms with Crippen molar-refractivity contribution in [3.8, 4) is 6.07 Å². The monoisotopic (exact) mass is 128 g/mol. The van der Waals surface area contributed by atoms with Gasteiger partial charge in [-0.05, 0) is 0 Å². The number of nitrogens with two attached hydrogens (primary N) is 1. The van der Waals surface area contributed by atoms with Gasteiger partial charge in [-0.3, -0.25) is 4.79 Å².